The molecule has 9 heteroatoms. The van der Waals surface area contributed by atoms with E-state index in [2.05, 4.69) is 10.4 Å². The maximum absolute atomic E-state index is 13.7. The van der Waals surface area contributed by atoms with Crippen LogP contribution in [0.1, 0.15) is 21.5 Å². The van der Waals surface area contributed by atoms with Crippen LogP contribution in [0.5, 0.6) is 17.2 Å². The Morgan fingerprint density at radius 2 is 1.67 bits per heavy atom. The van der Waals surface area contributed by atoms with Crippen LogP contribution >= 0.6 is 0 Å². The van der Waals surface area contributed by atoms with Crippen molar-refractivity contribution in [2.24, 2.45) is 0 Å². The summed E-state index contributed by atoms with van der Waals surface area (Å²) in [6, 6.07) is 19.8. The number of benzene rings is 3. The molecule has 1 aromatic heterocycles. The van der Waals surface area contributed by atoms with Gasteiger partial charge in [-0.2, -0.15) is 9.78 Å². The molecule has 0 spiro atoms. The zero-order chi connectivity index (χ0) is 27.4. The van der Waals surface area contributed by atoms with Gasteiger partial charge < -0.3 is 24.4 Å². The molecule has 0 radical (unpaired) electrons. The second-order valence-corrected chi connectivity index (χ2v) is 9.21. The van der Waals surface area contributed by atoms with Gasteiger partial charge in [-0.3, -0.25) is 9.59 Å². The Kier molecular flexibility index (Phi) is 7.60. The Morgan fingerprint density at radius 1 is 0.949 bits per heavy atom. The number of methoxy groups -OCH3 is 1. The van der Waals surface area contributed by atoms with E-state index < -0.39 is 5.56 Å². The lowest BCUT2D eigenvalue weighted by atomic mass is 10.1. The molecule has 1 amide bonds. The molecule has 1 aliphatic heterocycles. The van der Waals surface area contributed by atoms with Gasteiger partial charge in [0, 0.05) is 24.3 Å². The highest BCUT2D eigenvalue weighted by Crippen LogP contribution is 2.32. The first-order valence-corrected chi connectivity index (χ1v) is 12.7. The standard InChI is InChI=1S/C30H30N4O5/c1-20-5-4-6-26(21(20)2)39-27-19-31-34(24-11-13-25(37-3)14-12-24)30(36)28(27)32-23-9-7-22(8-10-23)29(35)33-15-17-38-18-16-33/h4-14,19,32H,15-18H2,1-3H3. The summed E-state index contributed by atoms with van der Waals surface area (Å²) in [5.41, 5.74) is 3.64. The molecule has 1 saturated heterocycles. The number of aryl methyl sites for hydroxylation is 1. The van der Waals surface area contributed by atoms with Crippen LogP contribution < -0.4 is 20.3 Å². The van der Waals surface area contributed by atoms with Crippen molar-refractivity contribution in [2.45, 2.75) is 13.8 Å². The van der Waals surface area contributed by atoms with Gasteiger partial charge in [0.05, 0.1) is 32.2 Å². The Hall–Kier alpha value is -4.63. The monoisotopic (exact) mass is 526 g/mol. The van der Waals surface area contributed by atoms with Gasteiger partial charge in [-0.25, -0.2) is 0 Å². The molecule has 1 aliphatic rings. The lowest BCUT2D eigenvalue weighted by molar-refractivity contribution is 0.0303. The third-order valence-corrected chi connectivity index (χ3v) is 6.73. The number of amides is 1. The molecule has 9 nitrogen and oxygen atoms in total. The van der Waals surface area contributed by atoms with E-state index in [1.165, 1.54) is 10.9 Å². The number of hydrogen-bond acceptors (Lipinski definition) is 7. The van der Waals surface area contributed by atoms with Gasteiger partial charge in [0.2, 0.25) is 0 Å². The zero-order valence-electron chi connectivity index (χ0n) is 22.1. The number of ether oxygens (including phenoxy) is 3. The van der Waals surface area contributed by atoms with E-state index >= 15 is 0 Å². The molecule has 1 fully saturated rings. The van der Waals surface area contributed by atoms with Gasteiger partial charge in [0.1, 0.15) is 11.5 Å². The third kappa shape index (κ3) is 5.63. The zero-order valence-corrected chi connectivity index (χ0v) is 22.1. The third-order valence-electron chi connectivity index (χ3n) is 6.73. The maximum Gasteiger partial charge on any atom is 0.299 e. The van der Waals surface area contributed by atoms with Crippen LogP contribution in [-0.2, 0) is 4.74 Å². The van der Waals surface area contributed by atoms with Gasteiger partial charge in [-0.1, -0.05) is 12.1 Å². The van der Waals surface area contributed by atoms with E-state index in [0.29, 0.717) is 54.7 Å². The van der Waals surface area contributed by atoms with Crippen LogP contribution in [0.15, 0.2) is 77.7 Å². The summed E-state index contributed by atoms with van der Waals surface area (Å²) < 4.78 is 18.1. The molecule has 2 heterocycles. The van der Waals surface area contributed by atoms with E-state index in [1.54, 1.807) is 60.5 Å². The van der Waals surface area contributed by atoms with Crippen LogP contribution in [0, 0.1) is 13.8 Å². The number of anilines is 2. The van der Waals surface area contributed by atoms with E-state index in [0.717, 1.165) is 11.1 Å². The van der Waals surface area contributed by atoms with Crippen LogP contribution in [0.2, 0.25) is 0 Å². The Labute approximate surface area is 226 Å². The first-order chi connectivity index (χ1) is 18.9. The maximum atomic E-state index is 13.7. The molecule has 0 bridgehead atoms. The average molecular weight is 527 g/mol. The van der Waals surface area contributed by atoms with Crippen molar-refractivity contribution in [3.8, 4) is 22.9 Å². The predicted octanol–water partition coefficient (Wildman–Crippen LogP) is 4.87. The van der Waals surface area contributed by atoms with E-state index in [-0.39, 0.29) is 17.3 Å². The van der Waals surface area contributed by atoms with Crippen molar-refractivity contribution in [3.63, 3.8) is 0 Å². The first kappa shape index (κ1) is 26.0. The number of morpholine rings is 1. The van der Waals surface area contributed by atoms with E-state index in [4.69, 9.17) is 14.2 Å². The summed E-state index contributed by atoms with van der Waals surface area (Å²) in [5.74, 6) is 1.54. The minimum Gasteiger partial charge on any atom is -0.497 e. The molecule has 39 heavy (non-hydrogen) atoms. The molecule has 5 rings (SSSR count). The number of nitrogens with zero attached hydrogens (tertiary/aromatic N) is 3. The molecule has 0 aliphatic carbocycles. The Balaban J connectivity index is 1.49. The summed E-state index contributed by atoms with van der Waals surface area (Å²) in [6.45, 7) is 6.18. The molecule has 4 aromatic rings. The molecular formula is C30H30N4O5. The van der Waals surface area contributed by atoms with Gasteiger partial charge in [-0.05, 0) is 79.6 Å². The normalized spacial score (nSPS) is 13.2. The fourth-order valence-electron chi connectivity index (χ4n) is 4.28. The summed E-state index contributed by atoms with van der Waals surface area (Å²) in [6.07, 6.45) is 1.52. The topological polar surface area (TPSA) is 94.9 Å². The molecule has 0 atom stereocenters. The minimum absolute atomic E-state index is 0.0467. The minimum atomic E-state index is -0.392. The number of carbonyl (C=O) groups excluding carboxylic acids is 1. The Morgan fingerprint density at radius 3 is 2.36 bits per heavy atom. The summed E-state index contributed by atoms with van der Waals surface area (Å²) in [5, 5.41) is 7.59. The summed E-state index contributed by atoms with van der Waals surface area (Å²) in [7, 11) is 1.58. The highest BCUT2D eigenvalue weighted by atomic mass is 16.5. The van der Waals surface area contributed by atoms with Gasteiger partial charge in [0.25, 0.3) is 11.5 Å². The van der Waals surface area contributed by atoms with Crippen molar-refractivity contribution in [2.75, 3.05) is 38.7 Å². The summed E-state index contributed by atoms with van der Waals surface area (Å²) >= 11 is 0. The van der Waals surface area contributed by atoms with Gasteiger partial charge in [0.15, 0.2) is 11.4 Å². The second kappa shape index (κ2) is 11.4. The first-order valence-electron chi connectivity index (χ1n) is 12.7. The van der Waals surface area contributed by atoms with Crippen LogP contribution in [0.3, 0.4) is 0 Å². The molecule has 3 aromatic carbocycles. The lowest BCUT2D eigenvalue weighted by Gasteiger charge is -2.26. The number of rotatable bonds is 7. The van der Waals surface area contributed by atoms with Crippen LogP contribution in [0.25, 0.3) is 5.69 Å². The van der Waals surface area contributed by atoms with Crippen molar-refractivity contribution >= 4 is 17.3 Å². The van der Waals surface area contributed by atoms with Gasteiger partial charge in [-0.15, -0.1) is 0 Å². The second-order valence-electron chi connectivity index (χ2n) is 9.21. The summed E-state index contributed by atoms with van der Waals surface area (Å²) in [4.78, 5) is 28.3. The van der Waals surface area contributed by atoms with Crippen molar-refractivity contribution in [3.05, 3.63) is 100.0 Å². The van der Waals surface area contributed by atoms with E-state index in [1.807, 2.05) is 32.0 Å². The van der Waals surface area contributed by atoms with Gasteiger partial charge >= 0.3 is 0 Å². The SMILES string of the molecule is COc1ccc(-n2ncc(Oc3cccc(C)c3C)c(Nc3ccc(C(=O)N4CCOCC4)cc3)c2=O)cc1. The molecular weight excluding hydrogens is 496 g/mol. The molecule has 0 saturated carbocycles. The Bertz CT molecular complexity index is 1520. The van der Waals surface area contributed by atoms with Crippen LogP contribution in [0.4, 0.5) is 11.4 Å². The van der Waals surface area contributed by atoms with E-state index in [9.17, 15) is 9.59 Å². The quantitative estimate of drug-likeness (QED) is 0.367. The lowest BCUT2D eigenvalue weighted by Crippen LogP contribution is -2.40. The molecule has 1 N–H and O–H groups in total. The number of hydrogen-bond donors (Lipinski definition) is 1. The number of nitrogens with one attached hydrogen (secondary N) is 1. The average Bonchev–Trinajstić information content (AvgIpc) is 2.98. The highest BCUT2D eigenvalue weighted by Gasteiger charge is 2.20. The smallest absolute Gasteiger partial charge is 0.299 e. The fraction of sp³-hybridized carbons (Fsp3) is 0.233. The number of carbonyl (C=O) groups is 1. The van der Waals surface area contributed by atoms with Crippen molar-refractivity contribution < 1.29 is 19.0 Å². The fourth-order valence-corrected chi connectivity index (χ4v) is 4.28. The van der Waals surface area contributed by atoms with Crippen molar-refractivity contribution in [1.29, 1.82) is 0 Å². The van der Waals surface area contributed by atoms with Crippen molar-refractivity contribution in [1.82, 2.24) is 14.7 Å². The number of aromatic nitrogens is 2. The predicted molar refractivity (Wildman–Crippen MR) is 149 cm³/mol. The highest BCUT2D eigenvalue weighted by molar-refractivity contribution is 5.94. The molecule has 0 unspecified atom stereocenters. The molecule has 200 valence electrons. The van der Waals surface area contributed by atoms with Crippen LogP contribution in [-0.4, -0.2) is 54.0 Å². The largest absolute Gasteiger partial charge is 0.497 e.